The van der Waals surface area contributed by atoms with Crippen LogP contribution in [0.5, 0.6) is 0 Å². The van der Waals surface area contributed by atoms with Gasteiger partial charge in [0.1, 0.15) is 0 Å². The molecule has 0 radical (unpaired) electrons. The first kappa shape index (κ1) is 16.8. The highest BCUT2D eigenvalue weighted by atomic mass is 32.2. The second-order valence-electron chi connectivity index (χ2n) is 5.82. The molecule has 124 valence electrons. The molecule has 1 aliphatic rings. The molecule has 2 aromatic rings. The first-order valence-electron chi connectivity index (χ1n) is 8.38. The zero-order chi connectivity index (χ0) is 16.6. The van der Waals surface area contributed by atoms with E-state index in [9.17, 15) is 4.79 Å². The van der Waals surface area contributed by atoms with Crippen LogP contribution in [-0.2, 0) is 11.2 Å². The molecule has 2 aromatic carbocycles. The van der Waals surface area contributed by atoms with Crippen molar-refractivity contribution in [2.45, 2.75) is 19.3 Å². The summed E-state index contributed by atoms with van der Waals surface area (Å²) in [6.45, 7) is 0.702. The summed E-state index contributed by atoms with van der Waals surface area (Å²) < 4.78 is 0. The molecule has 4 heteroatoms. The average molecular weight is 338 g/mol. The van der Waals surface area contributed by atoms with Crippen molar-refractivity contribution in [1.82, 2.24) is 5.01 Å². The molecule has 0 aliphatic carbocycles. The summed E-state index contributed by atoms with van der Waals surface area (Å²) in [6.07, 6.45) is 3.01. The summed E-state index contributed by atoms with van der Waals surface area (Å²) in [5.41, 5.74) is 3.49. The van der Waals surface area contributed by atoms with E-state index in [1.54, 1.807) is 16.8 Å². The van der Waals surface area contributed by atoms with Gasteiger partial charge in [-0.1, -0.05) is 60.7 Å². The number of hydrazone groups is 1. The SMILES string of the molecule is O=C(CSCCCc1ccccc1)N1CCC(c2ccccc2)=N1. The van der Waals surface area contributed by atoms with E-state index in [1.807, 2.05) is 36.4 Å². The molecule has 1 heterocycles. The second-order valence-corrected chi connectivity index (χ2v) is 6.93. The van der Waals surface area contributed by atoms with Crippen LogP contribution in [0.3, 0.4) is 0 Å². The van der Waals surface area contributed by atoms with Crippen molar-refractivity contribution in [2.24, 2.45) is 5.10 Å². The fraction of sp³-hybridized carbons (Fsp3) is 0.300. The first-order valence-corrected chi connectivity index (χ1v) is 9.53. The molecule has 3 rings (SSSR count). The van der Waals surface area contributed by atoms with Gasteiger partial charge in [0.2, 0.25) is 0 Å². The molecule has 0 atom stereocenters. The lowest BCUT2D eigenvalue weighted by Gasteiger charge is -2.10. The number of rotatable bonds is 7. The van der Waals surface area contributed by atoms with E-state index in [0.717, 1.165) is 36.3 Å². The van der Waals surface area contributed by atoms with Crippen molar-refractivity contribution in [1.29, 1.82) is 0 Å². The van der Waals surface area contributed by atoms with Crippen LogP contribution in [0, 0.1) is 0 Å². The maximum Gasteiger partial charge on any atom is 0.252 e. The van der Waals surface area contributed by atoms with Crippen LogP contribution in [0.15, 0.2) is 65.8 Å². The highest BCUT2D eigenvalue weighted by molar-refractivity contribution is 7.99. The van der Waals surface area contributed by atoms with Gasteiger partial charge in [-0.05, 0) is 29.7 Å². The van der Waals surface area contributed by atoms with E-state index < -0.39 is 0 Å². The van der Waals surface area contributed by atoms with Gasteiger partial charge < -0.3 is 0 Å². The Morgan fingerprint density at radius 3 is 2.50 bits per heavy atom. The Kier molecular flexibility index (Phi) is 6.07. The van der Waals surface area contributed by atoms with Crippen molar-refractivity contribution in [3.63, 3.8) is 0 Å². The molecule has 0 N–H and O–H groups in total. The number of thioether (sulfide) groups is 1. The van der Waals surface area contributed by atoms with Gasteiger partial charge in [0.05, 0.1) is 18.0 Å². The minimum absolute atomic E-state index is 0.116. The molecule has 0 saturated heterocycles. The first-order chi connectivity index (χ1) is 11.8. The van der Waals surface area contributed by atoms with Crippen molar-refractivity contribution < 1.29 is 4.79 Å². The van der Waals surface area contributed by atoms with E-state index in [1.165, 1.54) is 5.56 Å². The standard InChI is InChI=1S/C20H22N2OS/c23-20(16-24-15-7-10-17-8-3-1-4-9-17)22-14-13-19(21-22)18-11-5-2-6-12-18/h1-6,8-9,11-12H,7,10,13-16H2. The fourth-order valence-electron chi connectivity index (χ4n) is 2.73. The summed E-state index contributed by atoms with van der Waals surface area (Å²) in [5, 5.41) is 6.12. The van der Waals surface area contributed by atoms with Crippen LogP contribution in [0.4, 0.5) is 0 Å². The molecule has 24 heavy (non-hydrogen) atoms. The van der Waals surface area contributed by atoms with Crippen LogP contribution in [-0.4, -0.2) is 34.7 Å². The molecule has 3 nitrogen and oxygen atoms in total. The number of aryl methyl sites for hydroxylation is 1. The number of amides is 1. The van der Waals surface area contributed by atoms with E-state index in [2.05, 4.69) is 29.4 Å². The Balaban J connectivity index is 1.39. The molecule has 0 bridgehead atoms. The zero-order valence-electron chi connectivity index (χ0n) is 13.7. The lowest BCUT2D eigenvalue weighted by molar-refractivity contribution is -0.127. The van der Waals surface area contributed by atoms with Gasteiger partial charge in [-0.15, -0.1) is 0 Å². The average Bonchev–Trinajstić information content (AvgIpc) is 3.13. The monoisotopic (exact) mass is 338 g/mol. The van der Waals surface area contributed by atoms with Gasteiger partial charge in [0, 0.05) is 6.42 Å². The lowest BCUT2D eigenvalue weighted by atomic mass is 10.1. The van der Waals surface area contributed by atoms with Crippen molar-refractivity contribution >= 4 is 23.4 Å². The molecule has 1 aliphatic heterocycles. The number of hydrogen-bond donors (Lipinski definition) is 0. The summed E-state index contributed by atoms with van der Waals surface area (Å²) in [6, 6.07) is 20.6. The number of nitrogens with zero attached hydrogens (tertiary/aromatic N) is 2. The zero-order valence-corrected chi connectivity index (χ0v) is 14.5. The van der Waals surface area contributed by atoms with Gasteiger partial charge in [-0.3, -0.25) is 4.79 Å². The quantitative estimate of drug-likeness (QED) is 0.715. The predicted octanol–water partition coefficient (Wildman–Crippen LogP) is 3.99. The molecule has 0 saturated carbocycles. The van der Waals surface area contributed by atoms with Gasteiger partial charge in [0.25, 0.3) is 5.91 Å². The third kappa shape index (κ3) is 4.71. The largest absolute Gasteiger partial charge is 0.272 e. The van der Waals surface area contributed by atoms with Gasteiger partial charge in [-0.25, -0.2) is 5.01 Å². The topological polar surface area (TPSA) is 32.7 Å². The minimum atomic E-state index is 0.116. The van der Waals surface area contributed by atoms with Crippen molar-refractivity contribution in [2.75, 3.05) is 18.1 Å². The van der Waals surface area contributed by atoms with E-state index in [4.69, 9.17) is 0 Å². The van der Waals surface area contributed by atoms with Crippen LogP contribution in [0.2, 0.25) is 0 Å². The van der Waals surface area contributed by atoms with Crippen LogP contribution in [0.25, 0.3) is 0 Å². The molecule has 0 unspecified atom stereocenters. The summed E-state index contributed by atoms with van der Waals surface area (Å²) >= 11 is 1.70. The third-order valence-corrected chi connectivity index (χ3v) is 5.05. The van der Waals surface area contributed by atoms with Gasteiger partial charge in [0.15, 0.2) is 0 Å². The number of carbonyl (C=O) groups is 1. The summed E-state index contributed by atoms with van der Waals surface area (Å²) in [7, 11) is 0. The lowest BCUT2D eigenvalue weighted by Crippen LogP contribution is -2.25. The second kappa shape index (κ2) is 8.69. The molecular formula is C20H22N2OS. The Hall–Kier alpha value is -2.07. The smallest absolute Gasteiger partial charge is 0.252 e. The Labute approximate surface area is 147 Å². The highest BCUT2D eigenvalue weighted by Gasteiger charge is 2.21. The number of benzene rings is 2. The van der Waals surface area contributed by atoms with Crippen LogP contribution in [0.1, 0.15) is 24.0 Å². The normalized spacial score (nSPS) is 13.8. The summed E-state index contributed by atoms with van der Waals surface area (Å²) in [5.74, 6) is 1.63. The predicted molar refractivity (Wildman–Crippen MR) is 101 cm³/mol. The van der Waals surface area contributed by atoms with E-state index in [0.29, 0.717) is 12.3 Å². The van der Waals surface area contributed by atoms with Crippen LogP contribution < -0.4 is 0 Å². The Morgan fingerprint density at radius 2 is 1.75 bits per heavy atom. The molecule has 0 spiro atoms. The molecule has 1 amide bonds. The Bertz CT molecular complexity index is 685. The van der Waals surface area contributed by atoms with Crippen LogP contribution >= 0.6 is 11.8 Å². The molecule has 0 fully saturated rings. The number of carbonyl (C=O) groups excluding carboxylic acids is 1. The van der Waals surface area contributed by atoms with Gasteiger partial charge in [-0.2, -0.15) is 16.9 Å². The highest BCUT2D eigenvalue weighted by Crippen LogP contribution is 2.15. The van der Waals surface area contributed by atoms with Gasteiger partial charge >= 0.3 is 0 Å². The van der Waals surface area contributed by atoms with Crippen molar-refractivity contribution in [3.8, 4) is 0 Å². The maximum atomic E-state index is 12.3. The van der Waals surface area contributed by atoms with E-state index >= 15 is 0 Å². The Morgan fingerprint density at radius 1 is 1.04 bits per heavy atom. The minimum Gasteiger partial charge on any atom is -0.272 e. The summed E-state index contributed by atoms with van der Waals surface area (Å²) in [4.78, 5) is 12.3. The molecular weight excluding hydrogens is 316 g/mol. The van der Waals surface area contributed by atoms with Crippen molar-refractivity contribution in [3.05, 3.63) is 71.8 Å². The number of hydrogen-bond acceptors (Lipinski definition) is 3. The third-order valence-electron chi connectivity index (χ3n) is 4.02. The fourth-order valence-corrected chi connectivity index (χ4v) is 3.54. The van der Waals surface area contributed by atoms with E-state index in [-0.39, 0.29) is 5.91 Å². The molecule has 0 aromatic heterocycles. The maximum absolute atomic E-state index is 12.3.